The molecule has 2 aliphatic rings. The smallest absolute Gasteiger partial charge is 0.271 e. The molecule has 4 rings (SSSR count). The summed E-state index contributed by atoms with van der Waals surface area (Å²) in [6.45, 7) is 2.13. The van der Waals surface area contributed by atoms with Gasteiger partial charge in [0.15, 0.2) is 0 Å². The van der Waals surface area contributed by atoms with E-state index in [1.165, 1.54) is 11.3 Å². The number of anilines is 2. The van der Waals surface area contributed by atoms with Crippen molar-refractivity contribution >= 4 is 23.5 Å². The number of carbonyl (C=O) groups is 1. The van der Waals surface area contributed by atoms with Gasteiger partial charge in [-0.15, -0.1) is 0 Å². The second kappa shape index (κ2) is 7.54. The van der Waals surface area contributed by atoms with Crippen LogP contribution in [0.1, 0.15) is 39.9 Å². The summed E-state index contributed by atoms with van der Waals surface area (Å²) in [5.41, 5.74) is 8.31. The molecule has 0 bridgehead atoms. The van der Waals surface area contributed by atoms with Crippen molar-refractivity contribution in [1.29, 1.82) is 0 Å². The second-order valence-corrected chi connectivity index (χ2v) is 7.64. The molecule has 0 saturated carbocycles. The van der Waals surface area contributed by atoms with Crippen molar-refractivity contribution in [3.05, 3.63) is 52.6 Å². The zero-order valence-corrected chi connectivity index (χ0v) is 16.4. The maximum atomic E-state index is 12.3. The third kappa shape index (κ3) is 3.42. The molecule has 1 amide bonds. The highest BCUT2D eigenvalue weighted by atomic mass is 16.3. The van der Waals surface area contributed by atoms with Crippen molar-refractivity contribution in [3.63, 3.8) is 0 Å². The first-order valence-corrected chi connectivity index (χ1v) is 9.78. The molecule has 0 radical (unpaired) electrons. The molecule has 2 aliphatic heterocycles. The molecule has 2 N–H and O–H groups in total. The third-order valence-corrected chi connectivity index (χ3v) is 5.54. The largest absolute Gasteiger partial charge is 0.507 e. The molecular formula is C22H26N4O2. The van der Waals surface area contributed by atoms with Crippen LogP contribution in [0.4, 0.5) is 11.4 Å². The van der Waals surface area contributed by atoms with Crippen LogP contribution >= 0.6 is 0 Å². The average Bonchev–Trinajstić information content (AvgIpc) is 2.71. The summed E-state index contributed by atoms with van der Waals surface area (Å²) in [7, 11) is 3.91. The number of aromatic hydroxyl groups is 1. The van der Waals surface area contributed by atoms with Crippen LogP contribution in [-0.4, -0.2) is 44.4 Å². The van der Waals surface area contributed by atoms with E-state index in [1.807, 2.05) is 37.2 Å². The number of hydrogen-bond acceptors (Lipinski definition) is 5. The summed E-state index contributed by atoms with van der Waals surface area (Å²) in [4.78, 5) is 16.7. The van der Waals surface area contributed by atoms with Gasteiger partial charge in [-0.1, -0.05) is 0 Å². The molecule has 6 nitrogen and oxygen atoms in total. The minimum atomic E-state index is -0.272. The molecule has 28 heavy (non-hydrogen) atoms. The van der Waals surface area contributed by atoms with Crippen molar-refractivity contribution in [2.24, 2.45) is 5.10 Å². The van der Waals surface area contributed by atoms with E-state index in [0.717, 1.165) is 50.0 Å². The Kier molecular flexibility index (Phi) is 4.94. The van der Waals surface area contributed by atoms with E-state index in [9.17, 15) is 9.90 Å². The molecule has 2 aromatic rings. The second-order valence-electron chi connectivity index (χ2n) is 7.64. The van der Waals surface area contributed by atoms with Gasteiger partial charge in [-0.25, -0.2) is 5.43 Å². The Morgan fingerprint density at radius 2 is 1.89 bits per heavy atom. The number of rotatable bonds is 4. The summed E-state index contributed by atoms with van der Waals surface area (Å²) in [5.74, 6) is 0.0187. The van der Waals surface area contributed by atoms with Gasteiger partial charge in [0.2, 0.25) is 0 Å². The number of aryl methyl sites for hydroxylation is 1. The highest BCUT2D eigenvalue weighted by Crippen LogP contribution is 2.41. The molecule has 2 aromatic carbocycles. The normalized spacial score (nSPS) is 15.4. The number of hydrogen-bond donors (Lipinski definition) is 2. The van der Waals surface area contributed by atoms with Gasteiger partial charge in [-0.3, -0.25) is 4.79 Å². The molecule has 146 valence electrons. The van der Waals surface area contributed by atoms with E-state index in [-0.39, 0.29) is 5.91 Å². The van der Waals surface area contributed by atoms with Crippen LogP contribution in [0.5, 0.6) is 5.75 Å². The van der Waals surface area contributed by atoms with Crippen molar-refractivity contribution in [1.82, 2.24) is 5.43 Å². The Hall–Kier alpha value is -3.02. The van der Waals surface area contributed by atoms with Crippen LogP contribution in [0, 0.1) is 0 Å². The quantitative estimate of drug-likeness (QED) is 0.634. The Balaban J connectivity index is 1.51. The van der Waals surface area contributed by atoms with Gasteiger partial charge in [0, 0.05) is 55.2 Å². The lowest BCUT2D eigenvalue weighted by Gasteiger charge is -2.37. The van der Waals surface area contributed by atoms with E-state index in [0.29, 0.717) is 16.9 Å². The Bertz CT molecular complexity index is 917. The van der Waals surface area contributed by atoms with E-state index in [4.69, 9.17) is 0 Å². The highest BCUT2D eigenvalue weighted by molar-refractivity contribution is 5.95. The van der Waals surface area contributed by atoms with E-state index < -0.39 is 0 Å². The fourth-order valence-corrected chi connectivity index (χ4v) is 4.10. The maximum Gasteiger partial charge on any atom is 0.271 e. The fraction of sp³-hybridized carbons (Fsp3) is 0.364. The first-order valence-electron chi connectivity index (χ1n) is 9.78. The molecule has 0 saturated heterocycles. The molecule has 0 aromatic heterocycles. The summed E-state index contributed by atoms with van der Waals surface area (Å²) in [5, 5.41) is 14.8. The topological polar surface area (TPSA) is 68.2 Å². The molecule has 2 heterocycles. The lowest BCUT2D eigenvalue weighted by Crippen LogP contribution is -2.34. The molecule has 0 spiro atoms. The van der Waals surface area contributed by atoms with E-state index >= 15 is 0 Å². The van der Waals surface area contributed by atoms with Crippen molar-refractivity contribution in [3.8, 4) is 5.75 Å². The van der Waals surface area contributed by atoms with Gasteiger partial charge < -0.3 is 14.9 Å². The van der Waals surface area contributed by atoms with E-state index in [1.54, 1.807) is 18.3 Å². The van der Waals surface area contributed by atoms with Crippen LogP contribution in [0.2, 0.25) is 0 Å². The summed E-state index contributed by atoms with van der Waals surface area (Å²) in [6, 6.07) is 9.34. The van der Waals surface area contributed by atoms with Gasteiger partial charge in [-0.2, -0.15) is 5.10 Å². The molecule has 0 aliphatic carbocycles. The number of amides is 1. The summed E-state index contributed by atoms with van der Waals surface area (Å²) >= 11 is 0. The average molecular weight is 378 g/mol. The fourth-order valence-electron chi connectivity index (χ4n) is 4.10. The summed E-state index contributed by atoms with van der Waals surface area (Å²) < 4.78 is 0. The Morgan fingerprint density at radius 1 is 1.18 bits per heavy atom. The van der Waals surface area contributed by atoms with Crippen LogP contribution in [0.15, 0.2) is 35.4 Å². The van der Waals surface area contributed by atoms with Crippen molar-refractivity contribution < 1.29 is 9.90 Å². The van der Waals surface area contributed by atoms with Crippen molar-refractivity contribution in [2.75, 3.05) is 37.0 Å². The van der Waals surface area contributed by atoms with Gasteiger partial charge >= 0.3 is 0 Å². The van der Waals surface area contributed by atoms with Crippen LogP contribution < -0.4 is 15.2 Å². The Morgan fingerprint density at radius 3 is 2.61 bits per heavy atom. The molecule has 6 heteroatoms. The predicted molar refractivity (Wildman–Crippen MR) is 113 cm³/mol. The lowest BCUT2D eigenvalue weighted by atomic mass is 9.89. The minimum absolute atomic E-state index is 0.272. The standard InChI is InChI=1S/C22H26N4O2/c1-25(2)18-9-7-15(8-10-18)22(28)24-23-14-17-13-16-5-3-11-26-12-4-6-19(20(16)26)21(17)27/h7-10,13-14,27H,3-6,11-12H2,1-2H3,(H,24,28)/b23-14+. The zero-order chi connectivity index (χ0) is 19.7. The molecule has 0 unspecified atom stereocenters. The molecule has 0 fully saturated rings. The predicted octanol–water partition coefficient (Wildman–Crippen LogP) is 2.92. The number of phenols is 1. The van der Waals surface area contributed by atoms with Crippen LogP contribution in [0.25, 0.3) is 0 Å². The Labute approximate surface area is 165 Å². The SMILES string of the molecule is CN(C)c1ccc(C(=O)N/N=C/c2cc3c4c(c2O)CCCN4CCC3)cc1. The number of carbonyl (C=O) groups excluding carboxylic acids is 1. The molecule has 0 atom stereocenters. The zero-order valence-electron chi connectivity index (χ0n) is 16.4. The first kappa shape index (κ1) is 18.3. The van der Waals surface area contributed by atoms with Gasteiger partial charge in [-0.05, 0) is 61.6 Å². The minimum Gasteiger partial charge on any atom is -0.507 e. The van der Waals surface area contributed by atoms with Crippen LogP contribution in [0.3, 0.4) is 0 Å². The monoisotopic (exact) mass is 378 g/mol. The number of nitrogens with zero attached hydrogens (tertiary/aromatic N) is 3. The van der Waals surface area contributed by atoms with Gasteiger partial charge in [0.1, 0.15) is 5.75 Å². The number of nitrogens with one attached hydrogen (secondary N) is 1. The van der Waals surface area contributed by atoms with Gasteiger partial charge in [0.25, 0.3) is 5.91 Å². The summed E-state index contributed by atoms with van der Waals surface area (Å²) in [6.07, 6.45) is 5.64. The lowest BCUT2D eigenvalue weighted by molar-refractivity contribution is 0.0955. The van der Waals surface area contributed by atoms with Gasteiger partial charge in [0.05, 0.1) is 6.21 Å². The maximum absolute atomic E-state index is 12.3. The third-order valence-electron chi connectivity index (χ3n) is 5.54. The van der Waals surface area contributed by atoms with Crippen LogP contribution in [-0.2, 0) is 12.8 Å². The van der Waals surface area contributed by atoms with E-state index in [2.05, 4.69) is 15.4 Å². The number of phenolic OH excluding ortho intramolecular Hbond substituents is 1. The number of hydrazone groups is 1. The van der Waals surface area contributed by atoms with Crippen molar-refractivity contribution in [2.45, 2.75) is 25.7 Å². The number of benzene rings is 2. The highest BCUT2D eigenvalue weighted by Gasteiger charge is 2.27. The molecular weight excluding hydrogens is 352 g/mol. The first-order chi connectivity index (χ1) is 13.5.